The minimum absolute atomic E-state index is 0.138. The van der Waals surface area contributed by atoms with E-state index in [1.165, 1.54) is 12.0 Å². The van der Waals surface area contributed by atoms with Gasteiger partial charge in [-0.2, -0.15) is 0 Å². The van der Waals surface area contributed by atoms with E-state index < -0.39 is 0 Å². The highest BCUT2D eigenvalue weighted by Crippen LogP contribution is 2.21. The van der Waals surface area contributed by atoms with Gasteiger partial charge in [0.2, 0.25) is 0 Å². The number of alkyl halides is 1. The lowest BCUT2D eigenvalue weighted by molar-refractivity contribution is 0.444. The van der Waals surface area contributed by atoms with Crippen molar-refractivity contribution in [1.82, 2.24) is 0 Å². The molecule has 0 bridgehead atoms. The Kier molecular flexibility index (Phi) is 5.47. The van der Waals surface area contributed by atoms with Gasteiger partial charge in [-0.05, 0) is 54.9 Å². The molecule has 0 aromatic heterocycles. The summed E-state index contributed by atoms with van der Waals surface area (Å²) in [6.45, 7) is 6.47. The van der Waals surface area contributed by atoms with Crippen molar-refractivity contribution in [2.24, 2.45) is 11.8 Å². The van der Waals surface area contributed by atoms with Crippen LogP contribution >= 0.6 is 15.9 Å². The summed E-state index contributed by atoms with van der Waals surface area (Å²) in [6.07, 6.45) is 2.25. The number of halogens is 2. The second-order valence-electron chi connectivity index (χ2n) is 4.92. The van der Waals surface area contributed by atoms with Crippen LogP contribution in [-0.4, -0.2) is 5.33 Å². The topological polar surface area (TPSA) is 0 Å². The fourth-order valence-corrected chi connectivity index (χ4v) is 2.56. The summed E-state index contributed by atoms with van der Waals surface area (Å²) in [6, 6.07) is 5.10. The lowest BCUT2D eigenvalue weighted by Crippen LogP contribution is -2.10. The van der Waals surface area contributed by atoms with Gasteiger partial charge in [-0.25, -0.2) is 4.39 Å². The first kappa shape index (κ1) is 13.7. The van der Waals surface area contributed by atoms with E-state index in [2.05, 4.69) is 29.8 Å². The molecule has 2 heteroatoms. The summed E-state index contributed by atoms with van der Waals surface area (Å²) in [5.41, 5.74) is 2.33. The summed E-state index contributed by atoms with van der Waals surface area (Å²) >= 11 is 3.57. The molecule has 0 nitrogen and oxygen atoms in total. The molecule has 0 heterocycles. The van der Waals surface area contributed by atoms with Crippen LogP contribution in [-0.2, 0) is 6.42 Å². The fraction of sp³-hybridized carbons (Fsp3) is 0.571. The molecule has 1 aromatic rings. The molecule has 16 heavy (non-hydrogen) atoms. The molecule has 1 rings (SSSR count). The van der Waals surface area contributed by atoms with Gasteiger partial charge in [0.1, 0.15) is 5.82 Å². The molecule has 0 spiro atoms. The number of hydrogen-bond acceptors (Lipinski definition) is 0. The van der Waals surface area contributed by atoms with E-state index in [4.69, 9.17) is 0 Å². The Labute approximate surface area is 106 Å². The Morgan fingerprint density at radius 2 is 2.00 bits per heavy atom. The summed E-state index contributed by atoms with van der Waals surface area (Å²) in [5.74, 6) is 1.22. The fourth-order valence-electron chi connectivity index (χ4n) is 2.07. The minimum Gasteiger partial charge on any atom is -0.207 e. The minimum atomic E-state index is -0.138. The van der Waals surface area contributed by atoms with E-state index in [9.17, 15) is 4.39 Å². The zero-order chi connectivity index (χ0) is 12.1. The molecule has 90 valence electrons. The van der Waals surface area contributed by atoms with Crippen LogP contribution in [0.1, 0.15) is 31.4 Å². The lowest BCUT2D eigenvalue weighted by atomic mass is 9.91. The van der Waals surface area contributed by atoms with Crippen molar-refractivity contribution in [3.63, 3.8) is 0 Å². The molecule has 0 radical (unpaired) electrons. The average molecular weight is 287 g/mol. The molecule has 0 N–H and O–H groups in total. The van der Waals surface area contributed by atoms with Gasteiger partial charge in [-0.1, -0.05) is 35.8 Å². The molecule has 0 aliphatic rings. The van der Waals surface area contributed by atoms with Gasteiger partial charge in [0.15, 0.2) is 0 Å². The van der Waals surface area contributed by atoms with E-state index in [1.807, 2.05) is 13.0 Å². The molecule has 0 amide bonds. The smallest absolute Gasteiger partial charge is 0.123 e. The van der Waals surface area contributed by atoms with Crippen LogP contribution in [0, 0.1) is 24.6 Å². The Hall–Kier alpha value is -0.370. The van der Waals surface area contributed by atoms with E-state index in [0.717, 1.165) is 17.3 Å². The van der Waals surface area contributed by atoms with Crippen LogP contribution in [0.25, 0.3) is 0 Å². The zero-order valence-corrected chi connectivity index (χ0v) is 11.8. The first-order chi connectivity index (χ1) is 7.52. The van der Waals surface area contributed by atoms with Gasteiger partial charge in [0.05, 0.1) is 0 Å². The van der Waals surface area contributed by atoms with Crippen molar-refractivity contribution in [2.75, 3.05) is 5.33 Å². The third kappa shape index (κ3) is 4.25. The SMILES string of the molecule is Cc1cc(F)ccc1CC(CBr)CC(C)C. The Balaban J connectivity index is 2.70. The maximum absolute atomic E-state index is 13.0. The molecular formula is C14H20BrF. The molecule has 0 fully saturated rings. The first-order valence-electron chi connectivity index (χ1n) is 5.84. The normalized spacial score (nSPS) is 13.1. The van der Waals surface area contributed by atoms with Gasteiger partial charge >= 0.3 is 0 Å². The largest absolute Gasteiger partial charge is 0.207 e. The van der Waals surface area contributed by atoms with Crippen LogP contribution in [0.3, 0.4) is 0 Å². The molecule has 0 saturated heterocycles. The third-order valence-corrected chi connectivity index (χ3v) is 3.75. The van der Waals surface area contributed by atoms with Crippen molar-refractivity contribution in [2.45, 2.75) is 33.6 Å². The van der Waals surface area contributed by atoms with Crippen LogP contribution in [0.5, 0.6) is 0 Å². The molecule has 0 aliphatic heterocycles. The second-order valence-corrected chi connectivity index (χ2v) is 5.57. The lowest BCUT2D eigenvalue weighted by Gasteiger charge is -2.17. The summed E-state index contributed by atoms with van der Waals surface area (Å²) in [5, 5.41) is 1.02. The molecule has 1 atom stereocenters. The van der Waals surface area contributed by atoms with Crippen LogP contribution in [0.2, 0.25) is 0 Å². The highest BCUT2D eigenvalue weighted by Gasteiger charge is 2.12. The van der Waals surface area contributed by atoms with Crippen LogP contribution in [0.15, 0.2) is 18.2 Å². The average Bonchev–Trinajstić information content (AvgIpc) is 2.20. The van der Waals surface area contributed by atoms with E-state index in [1.54, 1.807) is 12.1 Å². The predicted octanol–water partition coefficient (Wildman–Crippen LogP) is 4.73. The number of aryl methyl sites for hydroxylation is 1. The quantitative estimate of drug-likeness (QED) is 0.686. The third-order valence-electron chi connectivity index (χ3n) is 2.84. The van der Waals surface area contributed by atoms with Crippen molar-refractivity contribution < 1.29 is 4.39 Å². The molecule has 0 aliphatic carbocycles. The highest BCUT2D eigenvalue weighted by atomic mass is 79.9. The molecule has 0 saturated carbocycles. The van der Waals surface area contributed by atoms with Gasteiger partial charge in [-0.3, -0.25) is 0 Å². The van der Waals surface area contributed by atoms with Crippen molar-refractivity contribution in [1.29, 1.82) is 0 Å². The standard InChI is InChI=1S/C14H20BrF/c1-10(2)6-12(9-15)8-13-4-5-14(16)7-11(13)3/h4-5,7,10,12H,6,8-9H2,1-3H3. The summed E-state index contributed by atoms with van der Waals surface area (Å²) in [7, 11) is 0. The van der Waals surface area contributed by atoms with Gasteiger partial charge in [0, 0.05) is 5.33 Å². The van der Waals surface area contributed by atoms with Gasteiger partial charge < -0.3 is 0 Å². The number of rotatable bonds is 5. The second kappa shape index (κ2) is 6.39. The predicted molar refractivity (Wildman–Crippen MR) is 71.6 cm³/mol. The Bertz CT molecular complexity index is 334. The number of benzene rings is 1. The van der Waals surface area contributed by atoms with Crippen LogP contribution < -0.4 is 0 Å². The summed E-state index contributed by atoms with van der Waals surface area (Å²) in [4.78, 5) is 0. The maximum atomic E-state index is 13.0. The van der Waals surface area contributed by atoms with Crippen LogP contribution in [0.4, 0.5) is 4.39 Å². The monoisotopic (exact) mass is 286 g/mol. The molecule has 1 aromatic carbocycles. The van der Waals surface area contributed by atoms with Gasteiger partial charge in [0.25, 0.3) is 0 Å². The van der Waals surface area contributed by atoms with E-state index in [-0.39, 0.29) is 5.82 Å². The molecular weight excluding hydrogens is 267 g/mol. The maximum Gasteiger partial charge on any atom is 0.123 e. The highest BCUT2D eigenvalue weighted by molar-refractivity contribution is 9.09. The summed E-state index contributed by atoms with van der Waals surface area (Å²) < 4.78 is 13.0. The van der Waals surface area contributed by atoms with Crippen molar-refractivity contribution in [3.8, 4) is 0 Å². The Morgan fingerprint density at radius 3 is 2.50 bits per heavy atom. The zero-order valence-electron chi connectivity index (χ0n) is 10.3. The van der Waals surface area contributed by atoms with Crippen molar-refractivity contribution >= 4 is 15.9 Å². The van der Waals surface area contributed by atoms with E-state index in [0.29, 0.717) is 11.8 Å². The number of hydrogen-bond donors (Lipinski definition) is 0. The van der Waals surface area contributed by atoms with E-state index >= 15 is 0 Å². The van der Waals surface area contributed by atoms with Crippen molar-refractivity contribution in [3.05, 3.63) is 35.1 Å². The molecule has 1 unspecified atom stereocenters. The van der Waals surface area contributed by atoms with Gasteiger partial charge in [-0.15, -0.1) is 0 Å². The Morgan fingerprint density at radius 1 is 1.31 bits per heavy atom. The first-order valence-corrected chi connectivity index (χ1v) is 6.96.